The smallest absolute Gasteiger partial charge is 0.197 e. The van der Waals surface area contributed by atoms with Gasteiger partial charge in [0.25, 0.3) is 0 Å². The van der Waals surface area contributed by atoms with E-state index in [9.17, 15) is 4.79 Å². The van der Waals surface area contributed by atoms with Gasteiger partial charge in [-0.3, -0.25) is 4.79 Å². The van der Waals surface area contributed by atoms with Gasteiger partial charge in [-0.1, -0.05) is 0 Å². The van der Waals surface area contributed by atoms with Gasteiger partial charge in [0, 0.05) is 6.21 Å². The molecule has 48 valence electrons. The fraction of sp³-hybridized carbons (Fsp3) is 0.200. The van der Waals surface area contributed by atoms with Crippen LogP contribution in [0.1, 0.15) is 0 Å². The van der Waals surface area contributed by atoms with Crippen molar-refractivity contribution < 1.29 is 9.90 Å². The van der Waals surface area contributed by atoms with E-state index < -0.39 is 6.10 Å². The lowest BCUT2D eigenvalue weighted by molar-refractivity contribution is -0.111. The Bertz CT molecular complexity index is 207. The number of aliphatic hydroxyl groups is 1. The maximum atomic E-state index is 10.3. The van der Waals surface area contributed by atoms with Crippen LogP contribution in [0.5, 0.6) is 0 Å². The highest BCUT2D eigenvalue weighted by molar-refractivity contribution is 6.21. The Morgan fingerprint density at radius 1 is 1.89 bits per heavy atom. The van der Waals surface area contributed by atoms with Crippen LogP contribution in [0.25, 0.3) is 0 Å². The van der Waals surface area contributed by atoms with Gasteiger partial charge in [0.1, 0.15) is 6.10 Å². The van der Waals surface area contributed by atoms with E-state index in [1.807, 2.05) is 0 Å². The predicted molar refractivity (Wildman–Crippen MR) is 31.0 cm³/mol. The minimum Gasteiger partial charge on any atom is -0.397 e. The van der Waals surface area contributed by atoms with Gasteiger partial charge < -0.3 is 16.2 Å². The molecule has 0 heterocycles. The van der Waals surface area contributed by atoms with Crippen LogP contribution in [0.3, 0.4) is 0 Å². The van der Waals surface area contributed by atoms with Crippen LogP contribution in [-0.2, 0) is 4.79 Å². The zero-order chi connectivity index (χ0) is 7.02. The Hall–Kier alpha value is -1.16. The van der Waals surface area contributed by atoms with Gasteiger partial charge in [0.05, 0.1) is 11.3 Å². The van der Waals surface area contributed by atoms with Gasteiger partial charge in [0.2, 0.25) is 0 Å². The van der Waals surface area contributed by atoms with Crippen LogP contribution in [0.15, 0.2) is 11.3 Å². The number of carbonyl (C=O) groups is 1. The SMILES string of the molecule is N=CC(N)=C1C(=O)C1O. The van der Waals surface area contributed by atoms with Crippen molar-refractivity contribution in [1.29, 1.82) is 5.41 Å². The molecule has 1 aliphatic carbocycles. The fourth-order valence-electron chi connectivity index (χ4n) is 0.569. The fourth-order valence-corrected chi connectivity index (χ4v) is 0.569. The molecule has 4 N–H and O–H groups in total. The third-order valence-corrected chi connectivity index (χ3v) is 1.17. The summed E-state index contributed by atoms with van der Waals surface area (Å²) in [5.74, 6) is -0.365. The number of allylic oxidation sites excluding steroid dienone is 1. The molecule has 1 fully saturated rings. The third-order valence-electron chi connectivity index (χ3n) is 1.17. The molecule has 0 aromatic carbocycles. The molecule has 0 radical (unpaired) electrons. The van der Waals surface area contributed by atoms with E-state index in [4.69, 9.17) is 16.2 Å². The first kappa shape index (κ1) is 5.97. The maximum absolute atomic E-state index is 10.3. The quantitative estimate of drug-likeness (QED) is 0.304. The van der Waals surface area contributed by atoms with E-state index in [1.54, 1.807) is 0 Å². The summed E-state index contributed by atoms with van der Waals surface area (Å²) >= 11 is 0. The van der Waals surface area contributed by atoms with Crippen LogP contribution >= 0.6 is 0 Å². The second-order valence-corrected chi connectivity index (χ2v) is 1.78. The summed E-state index contributed by atoms with van der Waals surface area (Å²) in [7, 11) is 0. The highest BCUT2D eigenvalue weighted by Gasteiger charge is 2.43. The maximum Gasteiger partial charge on any atom is 0.197 e. The number of nitrogens with two attached hydrogens (primary N) is 1. The number of ketones is 1. The summed E-state index contributed by atoms with van der Waals surface area (Å²) in [4.78, 5) is 10.3. The van der Waals surface area contributed by atoms with Crippen LogP contribution in [0.4, 0.5) is 0 Å². The second kappa shape index (κ2) is 1.66. The summed E-state index contributed by atoms with van der Waals surface area (Å²) in [6.45, 7) is 0. The highest BCUT2D eigenvalue weighted by Crippen LogP contribution is 2.24. The molecule has 4 nitrogen and oxygen atoms in total. The van der Waals surface area contributed by atoms with Crippen molar-refractivity contribution in [2.45, 2.75) is 6.10 Å². The van der Waals surface area contributed by atoms with E-state index in [0.29, 0.717) is 0 Å². The van der Waals surface area contributed by atoms with Crippen LogP contribution in [0.2, 0.25) is 0 Å². The van der Waals surface area contributed by atoms with E-state index in [-0.39, 0.29) is 17.1 Å². The Labute approximate surface area is 51.5 Å². The van der Waals surface area contributed by atoms with Crippen LogP contribution in [-0.4, -0.2) is 23.2 Å². The van der Waals surface area contributed by atoms with Crippen molar-refractivity contribution in [2.75, 3.05) is 0 Å². The van der Waals surface area contributed by atoms with Crippen molar-refractivity contribution in [3.63, 3.8) is 0 Å². The highest BCUT2D eigenvalue weighted by atomic mass is 16.3. The lowest BCUT2D eigenvalue weighted by atomic mass is 10.4. The number of nitrogens with one attached hydrogen (secondary N) is 1. The number of hydrogen-bond acceptors (Lipinski definition) is 4. The Morgan fingerprint density at radius 3 is 2.44 bits per heavy atom. The monoisotopic (exact) mass is 126 g/mol. The standard InChI is InChI=1S/C5H6N2O2/c6-1-2(7)3-4(8)5(3)9/h1,4,6,8H,7H2. The minimum atomic E-state index is -1.02. The van der Waals surface area contributed by atoms with E-state index in [1.165, 1.54) is 0 Å². The molecule has 1 aliphatic rings. The van der Waals surface area contributed by atoms with Crippen LogP contribution < -0.4 is 5.73 Å². The molecule has 1 rings (SSSR count). The second-order valence-electron chi connectivity index (χ2n) is 1.78. The summed E-state index contributed by atoms with van der Waals surface area (Å²) in [5, 5.41) is 15.2. The van der Waals surface area contributed by atoms with E-state index in [2.05, 4.69) is 0 Å². The van der Waals surface area contributed by atoms with Gasteiger partial charge in [-0.25, -0.2) is 0 Å². The molecule has 0 aromatic rings. The normalized spacial score (nSPS) is 29.9. The third kappa shape index (κ3) is 0.728. The molecule has 1 unspecified atom stereocenters. The summed E-state index contributed by atoms with van der Waals surface area (Å²) in [6.07, 6.45) is -0.171. The lowest BCUT2D eigenvalue weighted by Gasteiger charge is -1.80. The molecule has 0 spiro atoms. The van der Waals surface area contributed by atoms with Gasteiger partial charge >= 0.3 is 0 Å². The molecule has 9 heavy (non-hydrogen) atoms. The predicted octanol–water partition coefficient (Wildman–Crippen LogP) is -1.21. The van der Waals surface area contributed by atoms with Gasteiger partial charge in [-0.05, 0) is 0 Å². The summed E-state index contributed by atoms with van der Waals surface area (Å²) in [5.41, 5.74) is 5.35. The number of hydrogen-bond donors (Lipinski definition) is 3. The molecule has 1 saturated carbocycles. The number of Topliss-reactive ketones (excluding diaryl/α,β-unsaturated/α-hetero) is 1. The number of aliphatic hydroxyl groups excluding tert-OH is 1. The van der Waals surface area contributed by atoms with Gasteiger partial charge in [-0.2, -0.15) is 0 Å². The molecular weight excluding hydrogens is 120 g/mol. The topological polar surface area (TPSA) is 87.2 Å². The molecule has 0 saturated heterocycles. The molecule has 4 heteroatoms. The molecule has 0 amide bonds. The Kier molecular flexibility index (Phi) is 1.10. The Balaban J connectivity index is 2.88. The number of rotatable bonds is 1. The van der Waals surface area contributed by atoms with Crippen LogP contribution in [0, 0.1) is 5.41 Å². The van der Waals surface area contributed by atoms with Crippen molar-refractivity contribution in [3.8, 4) is 0 Å². The zero-order valence-corrected chi connectivity index (χ0v) is 4.59. The number of carbonyl (C=O) groups excluding carboxylic acids is 1. The van der Waals surface area contributed by atoms with E-state index >= 15 is 0 Å². The van der Waals surface area contributed by atoms with E-state index in [0.717, 1.165) is 6.21 Å². The first-order valence-corrected chi connectivity index (χ1v) is 2.41. The van der Waals surface area contributed by atoms with Crippen molar-refractivity contribution >= 4 is 12.0 Å². The van der Waals surface area contributed by atoms with Crippen molar-refractivity contribution in [2.24, 2.45) is 5.73 Å². The summed E-state index contributed by atoms with van der Waals surface area (Å²) in [6, 6.07) is 0. The van der Waals surface area contributed by atoms with Crippen molar-refractivity contribution in [1.82, 2.24) is 0 Å². The first-order chi connectivity index (χ1) is 4.18. The summed E-state index contributed by atoms with van der Waals surface area (Å²) < 4.78 is 0. The van der Waals surface area contributed by atoms with Gasteiger partial charge in [0.15, 0.2) is 5.78 Å². The molecule has 0 aromatic heterocycles. The minimum absolute atomic E-state index is 0.0625. The zero-order valence-electron chi connectivity index (χ0n) is 4.59. The molecule has 1 atom stereocenters. The van der Waals surface area contributed by atoms with Crippen molar-refractivity contribution in [3.05, 3.63) is 11.3 Å². The first-order valence-electron chi connectivity index (χ1n) is 2.41. The average Bonchev–Trinajstić information content (AvgIpc) is 2.40. The molecular formula is C5H6N2O2. The average molecular weight is 126 g/mol. The molecule has 0 aliphatic heterocycles. The largest absolute Gasteiger partial charge is 0.397 e. The lowest BCUT2D eigenvalue weighted by Crippen LogP contribution is -1.98. The van der Waals surface area contributed by atoms with Gasteiger partial charge in [-0.15, -0.1) is 0 Å². The molecule has 0 bridgehead atoms. The Morgan fingerprint density at radius 2 is 2.33 bits per heavy atom.